The fourth-order valence-electron chi connectivity index (χ4n) is 1.86. The Morgan fingerprint density at radius 3 is 2.46 bits per heavy atom. The van der Waals surface area contributed by atoms with Crippen molar-refractivity contribution in [2.24, 2.45) is 0 Å². The molecule has 0 radical (unpaired) electrons. The summed E-state index contributed by atoms with van der Waals surface area (Å²) in [5, 5.41) is 5.21. The van der Waals surface area contributed by atoms with Crippen molar-refractivity contribution in [2.75, 3.05) is 6.61 Å². The lowest BCUT2D eigenvalue weighted by atomic mass is 10.2. The molecule has 0 fully saturated rings. The number of halogens is 3. The number of aromatic nitrogens is 1. The molecule has 0 bridgehead atoms. The van der Waals surface area contributed by atoms with Gasteiger partial charge in [-0.15, -0.1) is 0 Å². The van der Waals surface area contributed by atoms with E-state index < -0.39 is 18.8 Å². The molecule has 1 aromatic carbocycles. The summed E-state index contributed by atoms with van der Waals surface area (Å²) < 4.78 is 41.3. The number of hydrogen-bond donors (Lipinski definition) is 2. The highest BCUT2D eigenvalue weighted by atomic mass is 19.4. The maximum absolute atomic E-state index is 12.2. The van der Waals surface area contributed by atoms with Crippen molar-refractivity contribution < 1.29 is 22.7 Å². The molecule has 5 nitrogen and oxygen atoms in total. The zero-order valence-corrected chi connectivity index (χ0v) is 12.6. The molecule has 0 aliphatic rings. The smallest absolute Gasteiger partial charge is 0.422 e. The summed E-state index contributed by atoms with van der Waals surface area (Å²) in [6.07, 6.45) is -3.13. The van der Waals surface area contributed by atoms with Gasteiger partial charge in [0.2, 0.25) is 5.88 Å². The molecule has 0 saturated heterocycles. The van der Waals surface area contributed by atoms with Crippen LogP contribution in [0.5, 0.6) is 5.88 Å². The molecular formula is C16H16F3N3O2. The zero-order valence-electron chi connectivity index (χ0n) is 12.6. The highest BCUT2D eigenvalue weighted by molar-refractivity contribution is 5.73. The van der Waals surface area contributed by atoms with Gasteiger partial charge in [0.25, 0.3) is 0 Å². The first-order chi connectivity index (χ1) is 11.4. The van der Waals surface area contributed by atoms with Crippen molar-refractivity contribution in [3.8, 4) is 5.88 Å². The minimum Gasteiger partial charge on any atom is -0.468 e. The molecule has 2 amide bonds. The topological polar surface area (TPSA) is 63.2 Å². The predicted octanol–water partition coefficient (Wildman–Crippen LogP) is 3.02. The van der Waals surface area contributed by atoms with Crippen LogP contribution in [-0.4, -0.2) is 23.8 Å². The highest BCUT2D eigenvalue weighted by Crippen LogP contribution is 2.19. The summed E-state index contributed by atoms with van der Waals surface area (Å²) in [6.45, 7) is -1.09. The van der Waals surface area contributed by atoms with E-state index in [-0.39, 0.29) is 12.4 Å². The molecule has 1 heterocycles. The molecule has 24 heavy (non-hydrogen) atoms. The maximum atomic E-state index is 12.2. The molecular weight excluding hydrogens is 323 g/mol. The minimum atomic E-state index is -4.45. The third-order valence-corrected chi connectivity index (χ3v) is 2.96. The highest BCUT2D eigenvalue weighted by Gasteiger charge is 2.29. The number of pyridine rings is 1. The normalized spacial score (nSPS) is 11.0. The number of ether oxygens (including phenoxy) is 1. The Hall–Kier alpha value is -2.77. The lowest BCUT2D eigenvalue weighted by molar-refractivity contribution is -0.154. The molecule has 0 saturated carbocycles. The van der Waals surface area contributed by atoms with Gasteiger partial charge in [-0.05, 0) is 11.6 Å². The number of carbonyl (C=O) groups is 1. The lowest BCUT2D eigenvalue weighted by Gasteiger charge is -2.13. The summed E-state index contributed by atoms with van der Waals surface area (Å²) in [4.78, 5) is 15.5. The average molecular weight is 339 g/mol. The molecule has 2 N–H and O–H groups in total. The first-order valence-electron chi connectivity index (χ1n) is 7.13. The van der Waals surface area contributed by atoms with Crippen LogP contribution in [0.4, 0.5) is 18.0 Å². The van der Waals surface area contributed by atoms with E-state index in [0.29, 0.717) is 12.1 Å². The standard InChI is InChI=1S/C16H16F3N3O2/c17-16(18,19)11-24-14-13(7-4-8-20-14)10-22-15(23)21-9-12-5-2-1-3-6-12/h1-8H,9-11H2,(H2,21,22,23). The number of nitrogens with one attached hydrogen (secondary N) is 2. The van der Waals surface area contributed by atoms with E-state index in [1.165, 1.54) is 12.3 Å². The van der Waals surface area contributed by atoms with Crippen LogP contribution >= 0.6 is 0 Å². The first kappa shape index (κ1) is 17.6. The molecule has 0 aliphatic heterocycles. The maximum Gasteiger partial charge on any atom is 0.422 e. The fourth-order valence-corrected chi connectivity index (χ4v) is 1.86. The van der Waals surface area contributed by atoms with Crippen LogP contribution in [0.1, 0.15) is 11.1 Å². The summed E-state index contributed by atoms with van der Waals surface area (Å²) in [6, 6.07) is 12.0. The Balaban J connectivity index is 1.84. The van der Waals surface area contributed by atoms with E-state index in [2.05, 4.69) is 20.4 Å². The summed E-state index contributed by atoms with van der Waals surface area (Å²) >= 11 is 0. The van der Waals surface area contributed by atoms with Crippen LogP contribution in [-0.2, 0) is 13.1 Å². The second-order valence-corrected chi connectivity index (χ2v) is 4.89. The number of amides is 2. The van der Waals surface area contributed by atoms with Gasteiger partial charge < -0.3 is 15.4 Å². The van der Waals surface area contributed by atoms with Gasteiger partial charge in [-0.1, -0.05) is 36.4 Å². The van der Waals surface area contributed by atoms with E-state index in [1.807, 2.05) is 30.3 Å². The third-order valence-electron chi connectivity index (χ3n) is 2.96. The zero-order chi connectivity index (χ0) is 17.4. The van der Waals surface area contributed by atoms with Gasteiger partial charge in [0, 0.05) is 24.8 Å². The number of carbonyl (C=O) groups excluding carboxylic acids is 1. The number of rotatable bonds is 6. The van der Waals surface area contributed by atoms with Crippen molar-refractivity contribution in [1.82, 2.24) is 15.6 Å². The largest absolute Gasteiger partial charge is 0.468 e. The minimum absolute atomic E-state index is 0.00164. The SMILES string of the molecule is O=C(NCc1ccccc1)NCc1cccnc1OCC(F)(F)F. The molecule has 0 atom stereocenters. The number of nitrogens with zero attached hydrogens (tertiary/aromatic N) is 1. The Morgan fingerprint density at radius 2 is 1.75 bits per heavy atom. The summed E-state index contributed by atoms with van der Waals surface area (Å²) in [5.41, 5.74) is 1.29. The van der Waals surface area contributed by atoms with Crippen LogP contribution < -0.4 is 15.4 Å². The van der Waals surface area contributed by atoms with Crippen LogP contribution in [0.3, 0.4) is 0 Å². The molecule has 0 unspecified atom stereocenters. The third kappa shape index (κ3) is 6.15. The molecule has 0 aliphatic carbocycles. The Bertz CT molecular complexity index is 663. The van der Waals surface area contributed by atoms with Gasteiger partial charge in [-0.3, -0.25) is 0 Å². The Kier molecular flexibility index (Phi) is 6.00. The second kappa shape index (κ2) is 8.19. The quantitative estimate of drug-likeness (QED) is 0.850. The van der Waals surface area contributed by atoms with Gasteiger partial charge >= 0.3 is 12.2 Å². The van der Waals surface area contributed by atoms with Crippen LogP contribution in [0.2, 0.25) is 0 Å². The van der Waals surface area contributed by atoms with Crippen molar-refractivity contribution in [2.45, 2.75) is 19.3 Å². The predicted molar refractivity (Wildman–Crippen MR) is 81.3 cm³/mol. The van der Waals surface area contributed by atoms with Gasteiger partial charge in [0.1, 0.15) is 0 Å². The van der Waals surface area contributed by atoms with Crippen LogP contribution in [0.25, 0.3) is 0 Å². The number of alkyl halides is 3. The monoisotopic (exact) mass is 339 g/mol. The van der Waals surface area contributed by atoms with Crippen molar-refractivity contribution in [3.63, 3.8) is 0 Å². The Morgan fingerprint density at radius 1 is 1.04 bits per heavy atom. The lowest BCUT2D eigenvalue weighted by Crippen LogP contribution is -2.34. The molecule has 8 heteroatoms. The average Bonchev–Trinajstić information content (AvgIpc) is 2.57. The van der Waals surface area contributed by atoms with Gasteiger partial charge in [-0.2, -0.15) is 13.2 Å². The van der Waals surface area contributed by atoms with Gasteiger partial charge in [-0.25, -0.2) is 9.78 Å². The van der Waals surface area contributed by atoms with E-state index in [0.717, 1.165) is 5.56 Å². The number of urea groups is 1. The Labute approximate surface area is 136 Å². The summed E-state index contributed by atoms with van der Waals surface area (Å²) in [5.74, 6) is -0.154. The fraction of sp³-hybridized carbons (Fsp3) is 0.250. The van der Waals surface area contributed by atoms with Gasteiger partial charge in [0.05, 0.1) is 0 Å². The first-order valence-corrected chi connectivity index (χ1v) is 7.13. The van der Waals surface area contributed by atoms with Crippen molar-refractivity contribution in [1.29, 1.82) is 0 Å². The number of hydrogen-bond acceptors (Lipinski definition) is 3. The van der Waals surface area contributed by atoms with E-state index in [9.17, 15) is 18.0 Å². The molecule has 0 spiro atoms. The van der Waals surface area contributed by atoms with Crippen molar-refractivity contribution >= 4 is 6.03 Å². The van der Waals surface area contributed by atoms with E-state index in [4.69, 9.17) is 0 Å². The van der Waals surface area contributed by atoms with Crippen molar-refractivity contribution in [3.05, 3.63) is 59.8 Å². The van der Waals surface area contributed by atoms with Crippen LogP contribution in [0.15, 0.2) is 48.7 Å². The van der Waals surface area contributed by atoms with Crippen LogP contribution in [0, 0.1) is 0 Å². The molecule has 1 aromatic heterocycles. The molecule has 2 rings (SSSR count). The number of benzene rings is 1. The molecule has 128 valence electrons. The van der Waals surface area contributed by atoms with E-state index in [1.54, 1.807) is 6.07 Å². The van der Waals surface area contributed by atoms with Gasteiger partial charge in [0.15, 0.2) is 6.61 Å². The second-order valence-electron chi connectivity index (χ2n) is 4.89. The summed E-state index contributed by atoms with van der Waals surface area (Å²) in [7, 11) is 0. The molecule has 2 aromatic rings. The van der Waals surface area contributed by atoms with E-state index >= 15 is 0 Å².